The van der Waals surface area contributed by atoms with Crippen LogP contribution >= 0.6 is 0 Å². The van der Waals surface area contributed by atoms with Gasteiger partial charge in [-0.1, -0.05) is 20.3 Å². The average Bonchev–Trinajstić information content (AvgIpc) is 2.49. The molecule has 1 saturated heterocycles. The second-order valence-electron chi connectivity index (χ2n) is 4.80. The Morgan fingerprint density at radius 2 is 2.00 bits per heavy atom. The highest BCUT2D eigenvalue weighted by Crippen LogP contribution is 2.34. The summed E-state index contributed by atoms with van der Waals surface area (Å²) in [5, 5.41) is 9.01. The quantitative estimate of drug-likeness (QED) is 0.736. The Labute approximate surface area is 97.8 Å². The lowest BCUT2D eigenvalue weighted by Crippen LogP contribution is -2.31. The first-order valence-corrected chi connectivity index (χ1v) is 6.11. The highest BCUT2D eigenvalue weighted by molar-refractivity contribution is 5.86. The Morgan fingerprint density at radius 3 is 2.38 bits per heavy atom. The molecule has 0 saturated carbocycles. The summed E-state index contributed by atoms with van der Waals surface area (Å²) in [5.41, 5.74) is 0. The molecule has 0 radical (unpaired) electrons. The Balaban J connectivity index is 2.77. The fourth-order valence-corrected chi connectivity index (χ4v) is 2.55. The maximum atomic E-state index is 12.2. The van der Waals surface area contributed by atoms with E-state index in [0.29, 0.717) is 6.42 Å². The molecule has 3 nitrogen and oxygen atoms in total. The van der Waals surface area contributed by atoms with Gasteiger partial charge in [-0.3, -0.25) is 4.79 Å². The van der Waals surface area contributed by atoms with E-state index in [2.05, 4.69) is 6.07 Å². The first kappa shape index (κ1) is 13.2. The van der Waals surface area contributed by atoms with Crippen molar-refractivity contribution in [2.45, 2.75) is 52.7 Å². The number of Topliss-reactive ketones (excluding diaryl/α,β-unsaturated/α-hetero) is 1. The number of nitrogens with zero attached hydrogens (tertiary/aromatic N) is 1. The monoisotopic (exact) mass is 223 g/mol. The molecule has 0 spiro atoms. The Bertz CT molecular complexity index is 295. The van der Waals surface area contributed by atoms with Crippen LogP contribution in [0.2, 0.25) is 0 Å². The van der Waals surface area contributed by atoms with E-state index in [0.717, 1.165) is 6.42 Å². The van der Waals surface area contributed by atoms with Crippen molar-refractivity contribution in [3.8, 4) is 6.07 Å². The lowest BCUT2D eigenvalue weighted by Gasteiger charge is -2.19. The minimum Gasteiger partial charge on any atom is -0.375 e. The van der Waals surface area contributed by atoms with Crippen molar-refractivity contribution in [1.29, 1.82) is 5.26 Å². The fraction of sp³-hybridized carbons (Fsp3) is 0.846. The zero-order valence-electron chi connectivity index (χ0n) is 10.6. The van der Waals surface area contributed by atoms with Crippen molar-refractivity contribution in [2.24, 2.45) is 17.8 Å². The molecule has 0 aliphatic carbocycles. The minimum atomic E-state index is -0.450. The summed E-state index contributed by atoms with van der Waals surface area (Å²) >= 11 is 0. The third-order valence-electron chi connectivity index (χ3n) is 3.65. The summed E-state index contributed by atoms with van der Waals surface area (Å²) in [7, 11) is 0. The van der Waals surface area contributed by atoms with Crippen molar-refractivity contribution in [1.82, 2.24) is 0 Å². The zero-order chi connectivity index (χ0) is 12.3. The molecule has 0 aromatic heterocycles. The predicted molar refractivity (Wildman–Crippen MR) is 61.7 cm³/mol. The first-order valence-electron chi connectivity index (χ1n) is 6.11. The van der Waals surface area contributed by atoms with Gasteiger partial charge in [-0.05, 0) is 26.2 Å². The van der Waals surface area contributed by atoms with E-state index in [1.807, 2.05) is 27.7 Å². The number of hydrogen-bond donors (Lipinski definition) is 0. The van der Waals surface area contributed by atoms with Gasteiger partial charge in [0.15, 0.2) is 5.78 Å². The molecule has 0 bridgehead atoms. The number of nitriles is 1. The number of ether oxygens (including phenoxy) is 1. The number of hydrogen-bond acceptors (Lipinski definition) is 3. The van der Waals surface area contributed by atoms with Gasteiger partial charge in [0.05, 0.1) is 24.2 Å². The summed E-state index contributed by atoms with van der Waals surface area (Å²) in [6.07, 6.45) is 1.60. The highest BCUT2D eigenvalue weighted by Gasteiger charge is 2.43. The first-order chi connectivity index (χ1) is 7.52. The molecule has 16 heavy (non-hydrogen) atoms. The van der Waals surface area contributed by atoms with Crippen LogP contribution < -0.4 is 0 Å². The van der Waals surface area contributed by atoms with E-state index in [4.69, 9.17) is 10.00 Å². The molecule has 0 N–H and O–H groups in total. The van der Waals surface area contributed by atoms with E-state index in [1.165, 1.54) is 0 Å². The third-order valence-corrected chi connectivity index (χ3v) is 3.65. The lowest BCUT2D eigenvalue weighted by molar-refractivity contribution is -0.127. The molecule has 1 heterocycles. The van der Waals surface area contributed by atoms with Gasteiger partial charge < -0.3 is 4.74 Å². The third kappa shape index (κ3) is 2.44. The molecule has 0 aromatic carbocycles. The van der Waals surface area contributed by atoms with Crippen molar-refractivity contribution >= 4 is 5.78 Å². The molecule has 5 unspecified atom stereocenters. The van der Waals surface area contributed by atoms with E-state index < -0.39 is 5.92 Å². The van der Waals surface area contributed by atoms with Crippen LogP contribution in [0.3, 0.4) is 0 Å². The number of rotatable bonds is 4. The molecule has 1 fully saturated rings. The highest BCUT2D eigenvalue weighted by atomic mass is 16.5. The fourth-order valence-electron chi connectivity index (χ4n) is 2.55. The van der Waals surface area contributed by atoms with Crippen molar-refractivity contribution in [3.63, 3.8) is 0 Å². The summed E-state index contributed by atoms with van der Waals surface area (Å²) in [5.74, 6) is -0.260. The van der Waals surface area contributed by atoms with Crippen molar-refractivity contribution < 1.29 is 9.53 Å². The van der Waals surface area contributed by atoms with E-state index in [9.17, 15) is 4.79 Å². The Kier molecular flexibility index (Phi) is 4.49. The van der Waals surface area contributed by atoms with Gasteiger partial charge in [0, 0.05) is 0 Å². The van der Waals surface area contributed by atoms with Crippen LogP contribution in [0, 0.1) is 29.1 Å². The molecule has 3 heteroatoms. The van der Waals surface area contributed by atoms with Crippen LogP contribution in [0.4, 0.5) is 0 Å². The van der Waals surface area contributed by atoms with Gasteiger partial charge in [0.2, 0.25) is 0 Å². The van der Waals surface area contributed by atoms with Crippen LogP contribution in [-0.2, 0) is 9.53 Å². The summed E-state index contributed by atoms with van der Waals surface area (Å²) < 4.78 is 5.65. The van der Waals surface area contributed by atoms with E-state index in [-0.39, 0.29) is 29.8 Å². The molecule has 1 aliphatic heterocycles. The molecule has 5 atom stereocenters. The van der Waals surface area contributed by atoms with Gasteiger partial charge in [-0.2, -0.15) is 5.26 Å². The van der Waals surface area contributed by atoms with E-state index >= 15 is 0 Å². The minimum absolute atomic E-state index is 0.0507. The van der Waals surface area contributed by atoms with Crippen LogP contribution in [0.25, 0.3) is 0 Å². The smallest absolute Gasteiger partial charge is 0.156 e. The zero-order valence-corrected chi connectivity index (χ0v) is 10.6. The topological polar surface area (TPSA) is 50.1 Å². The van der Waals surface area contributed by atoms with Gasteiger partial charge in [-0.15, -0.1) is 0 Å². The average molecular weight is 223 g/mol. The Hall–Kier alpha value is -0.880. The van der Waals surface area contributed by atoms with Gasteiger partial charge in [-0.25, -0.2) is 0 Å². The van der Waals surface area contributed by atoms with Crippen molar-refractivity contribution in [3.05, 3.63) is 0 Å². The van der Waals surface area contributed by atoms with Gasteiger partial charge in [0.25, 0.3) is 0 Å². The van der Waals surface area contributed by atoms with Crippen LogP contribution in [0.15, 0.2) is 0 Å². The number of carbonyl (C=O) groups excluding carboxylic acids is 1. The molecule has 0 aromatic rings. The Morgan fingerprint density at radius 1 is 1.38 bits per heavy atom. The second kappa shape index (κ2) is 5.45. The molecular formula is C13H21NO2. The number of ketones is 1. The molecule has 1 aliphatic rings. The van der Waals surface area contributed by atoms with Gasteiger partial charge >= 0.3 is 0 Å². The SMILES string of the molecule is CCCC(C#N)C(=O)C1C(C)OC(C)C1C. The largest absolute Gasteiger partial charge is 0.375 e. The maximum absolute atomic E-state index is 12.2. The number of carbonyl (C=O) groups is 1. The van der Waals surface area contributed by atoms with Crippen LogP contribution in [0.5, 0.6) is 0 Å². The standard InChI is InChI=1S/C13H21NO2/c1-5-6-11(7-14)13(15)12-8(2)9(3)16-10(12)4/h8-12H,5-6H2,1-4H3. The van der Waals surface area contributed by atoms with E-state index in [1.54, 1.807) is 0 Å². The molecule has 0 amide bonds. The molecular weight excluding hydrogens is 202 g/mol. The maximum Gasteiger partial charge on any atom is 0.156 e. The second-order valence-corrected chi connectivity index (χ2v) is 4.80. The summed E-state index contributed by atoms with van der Waals surface area (Å²) in [6, 6.07) is 2.13. The normalized spacial score (nSPS) is 35.7. The lowest BCUT2D eigenvalue weighted by atomic mass is 9.80. The van der Waals surface area contributed by atoms with Crippen LogP contribution in [-0.4, -0.2) is 18.0 Å². The summed E-state index contributed by atoms with van der Waals surface area (Å²) in [6.45, 7) is 7.97. The van der Waals surface area contributed by atoms with Crippen LogP contribution in [0.1, 0.15) is 40.5 Å². The summed E-state index contributed by atoms with van der Waals surface area (Å²) in [4.78, 5) is 12.2. The van der Waals surface area contributed by atoms with Gasteiger partial charge in [0.1, 0.15) is 5.92 Å². The molecule has 90 valence electrons. The van der Waals surface area contributed by atoms with Crippen molar-refractivity contribution in [2.75, 3.05) is 0 Å². The predicted octanol–water partition coefficient (Wildman–Crippen LogP) is 2.55. The molecule has 1 rings (SSSR count).